The highest BCUT2D eigenvalue weighted by Gasteiger charge is 1.99. The molecule has 0 saturated carbocycles. The Morgan fingerprint density at radius 1 is 0.857 bits per heavy atom. The maximum Gasteiger partial charge on any atom is 0.119 e. The Morgan fingerprint density at radius 3 is 2.00 bits per heavy atom. The summed E-state index contributed by atoms with van der Waals surface area (Å²) in [5, 5.41) is 9.45. The van der Waals surface area contributed by atoms with Gasteiger partial charge in [0.15, 0.2) is 0 Å². The molecule has 2 nitrogen and oxygen atoms in total. The minimum Gasteiger partial charge on any atom is -0.508 e. The molecular weight excluding hydrogens is 260 g/mol. The van der Waals surface area contributed by atoms with E-state index in [0.717, 1.165) is 24.3 Å². The Bertz CT molecular complexity index is 374. The zero-order chi connectivity index (χ0) is 15.3. The van der Waals surface area contributed by atoms with E-state index in [-0.39, 0.29) is 0 Å². The lowest BCUT2D eigenvalue weighted by Crippen LogP contribution is -1.97. The summed E-state index contributed by atoms with van der Waals surface area (Å²) in [5.74, 6) is 1.20. The smallest absolute Gasteiger partial charge is 0.119 e. The van der Waals surface area contributed by atoms with Crippen LogP contribution >= 0.6 is 0 Å². The number of aromatic hydroxyl groups is 1. The van der Waals surface area contributed by atoms with Crippen LogP contribution < -0.4 is 4.74 Å². The van der Waals surface area contributed by atoms with Gasteiger partial charge in [-0.15, -0.1) is 0 Å². The minimum atomic E-state index is 0.335. The molecule has 0 bridgehead atoms. The quantitative estimate of drug-likeness (QED) is 0.479. The van der Waals surface area contributed by atoms with E-state index in [9.17, 15) is 5.11 Å². The average molecular weight is 292 g/mol. The number of phenols is 1. The number of hydrogen-bond donors (Lipinski definition) is 1. The van der Waals surface area contributed by atoms with E-state index in [2.05, 4.69) is 6.92 Å². The summed E-state index contributed by atoms with van der Waals surface area (Å²) in [6.45, 7) is 4.94. The number of benzene rings is 1. The number of rotatable bonds is 12. The molecule has 0 spiro atoms. The highest BCUT2D eigenvalue weighted by Crippen LogP contribution is 2.22. The summed E-state index contributed by atoms with van der Waals surface area (Å²) in [5.41, 5.74) is 0.871. The maximum absolute atomic E-state index is 9.45. The van der Waals surface area contributed by atoms with E-state index in [1.807, 2.05) is 19.1 Å². The van der Waals surface area contributed by atoms with Gasteiger partial charge in [-0.05, 0) is 37.1 Å². The molecule has 0 aliphatic heterocycles. The number of phenolic OH excluding ortho intramolecular Hbond substituents is 1. The number of ether oxygens (including phenoxy) is 1. The fourth-order valence-corrected chi connectivity index (χ4v) is 2.50. The van der Waals surface area contributed by atoms with Crippen molar-refractivity contribution >= 4 is 0 Å². The van der Waals surface area contributed by atoms with Crippen molar-refractivity contribution in [3.8, 4) is 11.5 Å². The van der Waals surface area contributed by atoms with Crippen molar-refractivity contribution in [2.24, 2.45) is 0 Å². The molecule has 0 saturated heterocycles. The second-order valence-corrected chi connectivity index (χ2v) is 5.98. The fraction of sp³-hybridized carbons (Fsp3) is 0.684. The molecule has 0 atom stereocenters. The van der Waals surface area contributed by atoms with Gasteiger partial charge in [0.2, 0.25) is 0 Å². The van der Waals surface area contributed by atoms with E-state index in [0.29, 0.717) is 5.75 Å². The zero-order valence-corrected chi connectivity index (χ0v) is 13.9. The second kappa shape index (κ2) is 11.5. The molecule has 0 aliphatic carbocycles. The van der Waals surface area contributed by atoms with Crippen LogP contribution in [0.1, 0.15) is 76.7 Å². The molecule has 1 aromatic carbocycles. The summed E-state index contributed by atoms with van der Waals surface area (Å²) in [7, 11) is 0. The number of unbranched alkanes of at least 4 members (excludes halogenated alkanes) is 9. The largest absolute Gasteiger partial charge is 0.508 e. The van der Waals surface area contributed by atoms with Crippen LogP contribution in [0.4, 0.5) is 0 Å². The normalized spacial score (nSPS) is 10.8. The molecule has 0 aliphatic rings. The molecule has 0 heterocycles. The van der Waals surface area contributed by atoms with Crippen LogP contribution in [0.15, 0.2) is 18.2 Å². The van der Waals surface area contributed by atoms with Gasteiger partial charge in [0.25, 0.3) is 0 Å². The molecule has 0 fully saturated rings. The second-order valence-electron chi connectivity index (χ2n) is 5.98. The van der Waals surface area contributed by atoms with Crippen LogP contribution in [-0.4, -0.2) is 11.7 Å². The Balaban J connectivity index is 1.91. The molecule has 1 rings (SSSR count). The van der Waals surface area contributed by atoms with Gasteiger partial charge in [-0.2, -0.15) is 0 Å². The van der Waals surface area contributed by atoms with Gasteiger partial charge in [0.05, 0.1) is 6.61 Å². The summed E-state index contributed by atoms with van der Waals surface area (Å²) in [4.78, 5) is 0. The lowest BCUT2D eigenvalue weighted by molar-refractivity contribution is 0.303. The van der Waals surface area contributed by atoms with E-state index in [1.165, 1.54) is 57.8 Å². The summed E-state index contributed by atoms with van der Waals surface area (Å²) in [6.07, 6.45) is 13.4. The molecule has 2 heteroatoms. The lowest BCUT2D eigenvalue weighted by atomic mass is 10.1. The van der Waals surface area contributed by atoms with Crippen molar-refractivity contribution in [1.29, 1.82) is 0 Å². The Hall–Kier alpha value is -1.18. The predicted molar refractivity (Wildman–Crippen MR) is 90.2 cm³/mol. The van der Waals surface area contributed by atoms with Crippen molar-refractivity contribution in [3.05, 3.63) is 23.8 Å². The maximum atomic E-state index is 9.45. The van der Waals surface area contributed by atoms with E-state index >= 15 is 0 Å². The third-order valence-electron chi connectivity index (χ3n) is 3.93. The van der Waals surface area contributed by atoms with Gasteiger partial charge in [-0.3, -0.25) is 0 Å². The zero-order valence-electron chi connectivity index (χ0n) is 13.9. The van der Waals surface area contributed by atoms with Crippen molar-refractivity contribution < 1.29 is 9.84 Å². The van der Waals surface area contributed by atoms with E-state index in [4.69, 9.17) is 4.74 Å². The molecular formula is C19H32O2. The standard InChI is InChI=1S/C19H32O2/c1-3-4-5-6-7-8-9-10-11-12-15-21-18-13-14-19(20)17(2)16-18/h13-14,16,20H,3-12,15H2,1-2H3. The topological polar surface area (TPSA) is 29.5 Å². The van der Waals surface area contributed by atoms with Gasteiger partial charge < -0.3 is 9.84 Å². The van der Waals surface area contributed by atoms with Crippen LogP contribution in [0, 0.1) is 6.92 Å². The van der Waals surface area contributed by atoms with Gasteiger partial charge in [-0.1, -0.05) is 64.7 Å². The molecule has 21 heavy (non-hydrogen) atoms. The predicted octanol–water partition coefficient (Wildman–Crippen LogP) is 6.00. The van der Waals surface area contributed by atoms with Crippen LogP contribution in [-0.2, 0) is 0 Å². The molecule has 1 aromatic rings. The molecule has 0 radical (unpaired) electrons. The summed E-state index contributed by atoms with van der Waals surface area (Å²) in [6, 6.07) is 5.42. The summed E-state index contributed by atoms with van der Waals surface area (Å²) < 4.78 is 5.70. The monoisotopic (exact) mass is 292 g/mol. The molecule has 0 amide bonds. The van der Waals surface area contributed by atoms with Crippen LogP contribution in [0.25, 0.3) is 0 Å². The van der Waals surface area contributed by atoms with Crippen LogP contribution in [0.2, 0.25) is 0 Å². The first-order valence-electron chi connectivity index (χ1n) is 8.66. The molecule has 0 unspecified atom stereocenters. The third kappa shape index (κ3) is 8.64. The summed E-state index contributed by atoms with van der Waals surface area (Å²) >= 11 is 0. The Labute approximate surface area is 130 Å². The Kier molecular flexibility index (Phi) is 9.77. The van der Waals surface area contributed by atoms with Gasteiger partial charge in [0, 0.05) is 0 Å². The molecule has 0 aromatic heterocycles. The number of hydrogen-bond acceptors (Lipinski definition) is 2. The minimum absolute atomic E-state index is 0.335. The van der Waals surface area contributed by atoms with Gasteiger partial charge in [0.1, 0.15) is 11.5 Å². The van der Waals surface area contributed by atoms with Crippen LogP contribution in [0.5, 0.6) is 11.5 Å². The van der Waals surface area contributed by atoms with Crippen LogP contribution in [0.3, 0.4) is 0 Å². The van der Waals surface area contributed by atoms with Gasteiger partial charge in [-0.25, -0.2) is 0 Å². The third-order valence-corrected chi connectivity index (χ3v) is 3.93. The first-order chi connectivity index (χ1) is 10.2. The molecule has 1 N–H and O–H groups in total. The SMILES string of the molecule is CCCCCCCCCCCCOc1ccc(O)c(C)c1. The first kappa shape index (κ1) is 17.9. The fourth-order valence-electron chi connectivity index (χ4n) is 2.50. The van der Waals surface area contributed by atoms with Gasteiger partial charge >= 0.3 is 0 Å². The van der Waals surface area contributed by atoms with E-state index < -0.39 is 0 Å². The van der Waals surface area contributed by atoms with Crippen molar-refractivity contribution in [3.63, 3.8) is 0 Å². The Morgan fingerprint density at radius 2 is 1.43 bits per heavy atom. The molecule has 120 valence electrons. The van der Waals surface area contributed by atoms with Crippen molar-refractivity contribution in [1.82, 2.24) is 0 Å². The average Bonchev–Trinajstić information content (AvgIpc) is 2.48. The lowest BCUT2D eigenvalue weighted by Gasteiger charge is -2.07. The van der Waals surface area contributed by atoms with Crippen molar-refractivity contribution in [2.75, 3.05) is 6.61 Å². The first-order valence-corrected chi connectivity index (χ1v) is 8.66. The highest BCUT2D eigenvalue weighted by atomic mass is 16.5. The van der Waals surface area contributed by atoms with E-state index in [1.54, 1.807) is 6.07 Å². The number of aryl methyl sites for hydroxylation is 1. The van der Waals surface area contributed by atoms with Crippen molar-refractivity contribution in [2.45, 2.75) is 78.1 Å². The highest BCUT2D eigenvalue weighted by molar-refractivity contribution is 5.38.